The van der Waals surface area contributed by atoms with Crippen LogP contribution in [-0.2, 0) is 9.53 Å². The van der Waals surface area contributed by atoms with Gasteiger partial charge in [0.15, 0.2) is 6.04 Å². The molecule has 1 unspecified atom stereocenters. The summed E-state index contributed by atoms with van der Waals surface area (Å²) in [6.07, 6.45) is -0.727. The van der Waals surface area contributed by atoms with Crippen molar-refractivity contribution < 1.29 is 19.1 Å². The molecule has 0 saturated heterocycles. The van der Waals surface area contributed by atoms with Crippen LogP contribution in [0.5, 0.6) is 5.75 Å². The zero-order chi connectivity index (χ0) is 17.6. The van der Waals surface area contributed by atoms with Gasteiger partial charge in [-0.2, -0.15) is 0 Å². The van der Waals surface area contributed by atoms with E-state index in [0.29, 0.717) is 11.3 Å². The summed E-state index contributed by atoms with van der Waals surface area (Å²) in [5, 5.41) is 4.42. The molecule has 0 radical (unpaired) electrons. The average Bonchev–Trinajstić information content (AvgIpc) is 2.66. The zero-order valence-corrected chi connectivity index (χ0v) is 13.6. The number of esters is 1. The first kappa shape index (κ1) is 16.5. The zero-order valence-electron chi connectivity index (χ0n) is 13.6. The van der Waals surface area contributed by atoms with Crippen LogP contribution in [-0.4, -0.2) is 19.2 Å². The van der Waals surface area contributed by atoms with E-state index >= 15 is 0 Å². The number of rotatable bonds is 4. The number of nitrogens with one attached hydrogen (secondary N) is 1. The molecule has 25 heavy (non-hydrogen) atoms. The van der Waals surface area contributed by atoms with Crippen molar-refractivity contribution in [1.82, 2.24) is 5.32 Å². The Morgan fingerprint density at radius 1 is 0.880 bits per heavy atom. The number of carbonyl (C=O) groups excluding carboxylic acids is 2. The second-order valence-corrected chi connectivity index (χ2v) is 5.37. The van der Waals surface area contributed by atoms with Crippen molar-refractivity contribution in [2.45, 2.75) is 6.04 Å². The molecule has 0 aliphatic rings. The summed E-state index contributed by atoms with van der Waals surface area (Å²) in [7, 11) is 1.28. The van der Waals surface area contributed by atoms with Gasteiger partial charge in [0.2, 0.25) is 0 Å². The van der Waals surface area contributed by atoms with Gasteiger partial charge < -0.3 is 14.8 Å². The van der Waals surface area contributed by atoms with Gasteiger partial charge in [0.1, 0.15) is 5.75 Å². The van der Waals surface area contributed by atoms with Crippen LogP contribution in [0.15, 0.2) is 72.8 Å². The summed E-state index contributed by atoms with van der Waals surface area (Å²) in [4.78, 5) is 24.5. The standard InChI is InChI=1S/C20H17NO4/c1-24-19(22)18(21-20(23)25-15-10-3-2-4-11-15)17-13-7-9-14-8-5-6-12-16(14)17/h2-13,18H,1H3,(H,21,23). The summed E-state index contributed by atoms with van der Waals surface area (Å²) in [6.45, 7) is 0. The van der Waals surface area contributed by atoms with E-state index in [4.69, 9.17) is 9.47 Å². The SMILES string of the molecule is COC(=O)C(NC(=O)Oc1ccccc1)c1cccc2ccccc12. The summed E-state index contributed by atoms with van der Waals surface area (Å²) < 4.78 is 10.1. The molecule has 3 aromatic rings. The van der Waals surface area contributed by atoms with Crippen molar-refractivity contribution in [3.05, 3.63) is 78.4 Å². The number of fused-ring (bicyclic) bond motifs is 1. The van der Waals surface area contributed by atoms with E-state index in [9.17, 15) is 9.59 Å². The Labute approximate surface area is 145 Å². The summed E-state index contributed by atoms with van der Waals surface area (Å²) in [5.41, 5.74) is 0.648. The highest BCUT2D eigenvalue weighted by Gasteiger charge is 2.26. The molecule has 5 nitrogen and oxygen atoms in total. The van der Waals surface area contributed by atoms with Crippen LogP contribution in [0.2, 0.25) is 0 Å². The lowest BCUT2D eigenvalue weighted by atomic mass is 9.99. The first-order valence-electron chi connectivity index (χ1n) is 7.78. The van der Waals surface area contributed by atoms with Crippen LogP contribution in [0.25, 0.3) is 10.8 Å². The lowest BCUT2D eigenvalue weighted by Crippen LogP contribution is -2.36. The molecule has 1 N–H and O–H groups in total. The number of para-hydroxylation sites is 1. The number of carbonyl (C=O) groups is 2. The van der Waals surface area contributed by atoms with Gasteiger partial charge >= 0.3 is 12.1 Å². The Balaban J connectivity index is 1.89. The molecule has 0 heterocycles. The minimum Gasteiger partial charge on any atom is -0.467 e. The van der Waals surface area contributed by atoms with E-state index in [0.717, 1.165) is 10.8 Å². The number of benzene rings is 3. The van der Waals surface area contributed by atoms with Crippen molar-refractivity contribution in [3.8, 4) is 5.75 Å². The lowest BCUT2D eigenvalue weighted by Gasteiger charge is -2.18. The normalized spacial score (nSPS) is 11.6. The minimum absolute atomic E-state index is 0.390. The van der Waals surface area contributed by atoms with Gasteiger partial charge in [-0.3, -0.25) is 0 Å². The molecule has 0 fully saturated rings. The molecule has 126 valence electrons. The number of amides is 1. The van der Waals surface area contributed by atoms with Crippen LogP contribution in [0.3, 0.4) is 0 Å². The lowest BCUT2D eigenvalue weighted by molar-refractivity contribution is -0.143. The second kappa shape index (κ2) is 7.49. The molecule has 0 aromatic heterocycles. The van der Waals surface area contributed by atoms with Crippen molar-refractivity contribution in [2.75, 3.05) is 7.11 Å². The maximum Gasteiger partial charge on any atom is 0.413 e. The Morgan fingerprint density at radius 3 is 2.32 bits per heavy atom. The molecular formula is C20H17NO4. The third-order valence-corrected chi connectivity index (χ3v) is 3.79. The van der Waals surface area contributed by atoms with Gasteiger partial charge in [0, 0.05) is 0 Å². The summed E-state index contributed by atoms with van der Waals surface area (Å²) in [6, 6.07) is 20.9. The molecule has 0 aliphatic heterocycles. The van der Waals surface area contributed by atoms with Gasteiger partial charge in [0.25, 0.3) is 0 Å². The number of methoxy groups -OCH3 is 1. The van der Waals surface area contributed by atoms with Crippen LogP contribution < -0.4 is 10.1 Å². The molecule has 3 rings (SSSR count). The largest absolute Gasteiger partial charge is 0.467 e. The van der Waals surface area contributed by atoms with Crippen molar-refractivity contribution >= 4 is 22.8 Å². The number of hydrogen-bond donors (Lipinski definition) is 1. The van der Waals surface area contributed by atoms with E-state index in [-0.39, 0.29) is 0 Å². The smallest absolute Gasteiger partial charge is 0.413 e. The molecule has 3 aromatic carbocycles. The Bertz CT molecular complexity index is 887. The van der Waals surface area contributed by atoms with Gasteiger partial charge in [-0.1, -0.05) is 60.7 Å². The van der Waals surface area contributed by atoms with Crippen LogP contribution >= 0.6 is 0 Å². The molecule has 0 bridgehead atoms. The molecule has 5 heteroatoms. The van der Waals surface area contributed by atoms with E-state index in [2.05, 4.69) is 5.32 Å². The predicted molar refractivity (Wildman–Crippen MR) is 94.3 cm³/mol. The monoisotopic (exact) mass is 335 g/mol. The predicted octanol–water partition coefficient (Wildman–Crippen LogP) is 3.84. The van der Waals surface area contributed by atoms with Crippen LogP contribution in [0, 0.1) is 0 Å². The fourth-order valence-corrected chi connectivity index (χ4v) is 2.63. The van der Waals surface area contributed by atoms with E-state index in [1.54, 1.807) is 30.3 Å². The topological polar surface area (TPSA) is 64.6 Å². The quantitative estimate of drug-likeness (QED) is 0.736. The first-order chi connectivity index (χ1) is 12.2. The molecular weight excluding hydrogens is 318 g/mol. The van der Waals surface area contributed by atoms with Gasteiger partial charge in [0.05, 0.1) is 7.11 Å². The van der Waals surface area contributed by atoms with Gasteiger partial charge in [-0.05, 0) is 28.5 Å². The third-order valence-electron chi connectivity index (χ3n) is 3.79. The van der Waals surface area contributed by atoms with Crippen molar-refractivity contribution in [3.63, 3.8) is 0 Å². The van der Waals surface area contributed by atoms with Crippen molar-refractivity contribution in [2.24, 2.45) is 0 Å². The highest BCUT2D eigenvalue weighted by atomic mass is 16.6. The maximum absolute atomic E-state index is 12.3. The molecule has 1 atom stereocenters. The third kappa shape index (κ3) is 3.77. The highest BCUT2D eigenvalue weighted by Crippen LogP contribution is 2.25. The van der Waals surface area contributed by atoms with E-state index < -0.39 is 18.1 Å². The number of hydrogen-bond acceptors (Lipinski definition) is 4. The van der Waals surface area contributed by atoms with Gasteiger partial charge in [-0.15, -0.1) is 0 Å². The molecule has 1 amide bonds. The van der Waals surface area contributed by atoms with E-state index in [1.807, 2.05) is 42.5 Å². The highest BCUT2D eigenvalue weighted by molar-refractivity contribution is 5.92. The minimum atomic E-state index is -0.965. The van der Waals surface area contributed by atoms with Crippen molar-refractivity contribution in [1.29, 1.82) is 0 Å². The molecule has 0 saturated carbocycles. The summed E-state index contributed by atoms with van der Waals surface area (Å²) >= 11 is 0. The number of ether oxygens (including phenoxy) is 2. The second-order valence-electron chi connectivity index (χ2n) is 5.37. The maximum atomic E-state index is 12.3. The Morgan fingerprint density at radius 2 is 1.56 bits per heavy atom. The van der Waals surface area contributed by atoms with E-state index in [1.165, 1.54) is 7.11 Å². The van der Waals surface area contributed by atoms with Crippen LogP contribution in [0.4, 0.5) is 4.79 Å². The average molecular weight is 335 g/mol. The van der Waals surface area contributed by atoms with Gasteiger partial charge in [-0.25, -0.2) is 9.59 Å². The summed E-state index contributed by atoms with van der Waals surface area (Å²) in [5.74, 6) is -0.178. The fraction of sp³-hybridized carbons (Fsp3) is 0.100. The Kier molecular flexibility index (Phi) is 4.95. The molecule has 0 spiro atoms. The van der Waals surface area contributed by atoms with Crippen LogP contribution in [0.1, 0.15) is 11.6 Å². The molecule has 0 aliphatic carbocycles. The Hall–Kier alpha value is -3.34. The first-order valence-corrected chi connectivity index (χ1v) is 7.78. The fourth-order valence-electron chi connectivity index (χ4n) is 2.63.